The Bertz CT molecular complexity index is 512. The van der Waals surface area contributed by atoms with Crippen molar-refractivity contribution in [1.29, 1.82) is 0 Å². The summed E-state index contributed by atoms with van der Waals surface area (Å²) in [6.45, 7) is 4.21. The normalized spacial score (nSPS) is 22.2. The van der Waals surface area contributed by atoms with Crippen LogP contribution in [0.4, 0.5) is 0 Å². The van der Waals surface area contributed by atoms with E-state index in [1.165, 1.54) is 0 Å². The van der Waals surface area contributed by atoms with E-state index in [4.69, 9.17) is 9.84 Å². The minimum Gasteiger partial charge on any atom is -0.481 e. The predicted molar refractivity (Wildman–Crippen MR) is 69.1 cm³/mol. The summed E-state index contributed by atoms with van der Waals surface area (Å²) in [7, 11) is 0. The SMILES string of the molecule is Cc1ccc(C(=O)NC2COCC2C(=O)O)c(C)c1. The van der Waals surface area contributed by atoms with Crippen LogP contribution in [0, 0.1) is 19.8 Å². The van der Waals surface area contributed by atoms with Crippen LogP contribution in [-0.2, 0) is 9.53 Å². The van der Waals surface area contributed by atoms with E-state index in [-0.39, 0.29) is 19.1 Å². The van der Waals surface area contributed by atoms with E-state index < -0.39 is 17.9 Å². The van der Waals surface area contributed by atoms with Crippen molar-refractivity contribution in [2.45, 2.75) is 19.9 Å². The Kier molecular flexibility index (Phi) is 3.85. The first-order chi connectivity index (χ1) is 8.99. The monoisotopic (exact) mass is 263 g/mol. The van der Waals surface area contributed by atoms with Crippen molar-refractivity contribution in [2.24, 2.45) is 5.92 Å². The summed E-state index contributed by atoms with van der Waals surface area (Å²) in [5, 5.41) is 11.8. The molecular formula is C14H17NO4. The molecule has 0 radical (unpaired) electrons. The van der Waals surface area contributed by atoms with Gasteiger partial charge in [0, 0.05) is 5.56 Å². The number of benzene rings is 1. The van der Waals surface area contributed by atoms with E-state index in [9.17, 15) is 9.59 Å². The van der Waals surface area contributed by atoms with E-state index in [0.29, 0.717) is 5.56 Å². The third kappa shape index (κ3) is 2.93. The number of carboxylic acids is 1. The van der Waals surface area contributed by atoms with E-state index >= 15 is 0 Å². The highest BCUT2D eigenvalue weighted by Gasteiger charge is 2.35. The van der Waals surface area contributed by atoms with Crippen LogP contribution in [0.5, 0.6) is 0 Å². The van der Waals surface area contributed by atoms with Gasteiger partial charge in [-0.25, -0.2) is 0 Å². The molecule has 1 aromatic carbocycles. The lowest BCUT2D eigenvalue weighted by atomic mass is 10.0. The molecule has 2 rings (SSSR count). The van der Waals surface area contributed by atoms with Crippen LogP contribution in [-0.4, -0.2) is 36.2 Å². The van der Waals surface area contributed by atoms with Crippen LogP contribution >= 0.6 is 0 Å². The minimum atomic E-state index is -0.941. The zero-order valence-electron chi connectivity index (χ0n) is 11.0. The molecule has 5 nitrogen and oxygen atoms in total. The summed E-state index contributed by atoms with van der Waals surface area (Å²) >= 11 is 0. The molecule has 1 fully saturated rings. The van der Waals surface area contributed by atoms with Crippen molar-refractivity contribution in [1.82, 2.24) is 5.32 Å². The first-order valence-electron chi connectivity index (χ1n) is 6.17. The summed E-state index contributed by atoms with van der Waals surface area (Å²) in [5.74, 6) is -1.86. The molecule has 102 valence electrons. The molecule has 0 saturated carbocycles. The van der Waals surface area contributed by atoms with Gasteiger partial charge in [-0.3, -0.25) is 9.59 Å². The summed E-state index contributed by atoms with van der Waals surface area (Å²) in [6.07, 6.45) is 0. The molecule has 1 saturated heterocycles. The van der Waals surface area contributed by atoms with Crippen molar-refractivity contribution < 1.29 is 19.4 Å². The number of ether oxygens (including phenoxy) is 1. The molecule has 1 aliphatic rings. The molecule has 5 heteroatoms. The molecule has 1 aromatic rings. The van der Waals surface area contributed by atoms with Gasteiger partial charge < -0.3 is 15.2 Å². The van der Waals surface area contributed by atoms with Gasteiger partial charge in [0.2, 0.25) is 0 Å². The van der Waals surface area contributed by atoms with Crippen molar-refractivity contribution >= 4 is 11.9 Å². The lowest BCUT2D eigenvalue weighted by Gasteiger charge is -2.16. The highest BCUT2D eigenvalue weighted by molar-refractivity contribution is 5.96. The maximum Gasteiger partial charge on any atom is 0.311 e. The fourth-order valence-corrected chi connectivity index (χ4v) is 2.25. The zero-order chi connectivity index (χ0) is 14.0. The van der Waals surface area contributed by atoms with E-state index in [1.807, 2.05) is 26.0 Å². The number of carboxylic acid groups (broad SMARTS) is 1. The number of hydrogen-bond donors (Lipinski definition) is 2. The zero-order valence-corrected chi connectivity index (χ0v) is 11.0. The Morgan fingerprint density at radius 1 is 1.32 bits per heavy atom. The third-order valence-corrected chi connectivity index (χ3v) is 3.34. The molecule has 19 heavy (non-hydrogen) atoms. The maximum atomic E-state index is 12.1. The number of aryl methyl sites for hydroxylation is 2. The van der Waals surface area contributed by atoms with Gasteiger partial charge in [0.15, 0.2) is 0 Å². The van der Waals surface area contributed by atoms with Gasteiger partial charge >= 0.3 is 5.97 Å². The molecule has 1 aliphatic heterocycles. The quantitative estimate of drug-likeness (QED) is 0.857. The van der Waals surface area contributed by atoms with Gasteiger partial charge in [-0.05, 0) is 25.5 Å². The largest absolute Gasteiger partial charge is 0.481 e. The number of carbonyl (C=O) groups is 2. The molecule has 1 amide bonds. The molecule has 2 atom stereocenters. The number of aliphatic carboxylic acids is 1. The first-order valence-corrected chi connectivity index (χ1v) is 6.17. The summed E-state index contributed by atoms with van der Waals surface area (Å²) in [6, 6.07) is 5.08. The summed E-state index contributed by atoms with van der Waals surface area (Å²) < 4.78 is 5.12. The van der Waals surface area contributed by atoms with E-state index in [2.05, 4.69) is 5.32 Å². The maximum absolute atomic E-state index is 12.1. The number of amides is 1. The molecule has 2 N–H and O–H groups in total. The Morgan fingerprint density at radius 2 is 2.05 bits per heavy atom. The van der Waals surface area contributed by atoms with E-state index in [0.717, 1.165) is 11.1 Å². The van der Waals surface area contributed by atoms with Gasteiger partial charge in [-0.2, -0.15) is 0 Å². The second-order valence-electron chi connectivity index (χ2n) is 4.88. The van der Waals surface area contributed by atoms with Crippen LogP contribution in [0.1, 0.15) is 21.5 Å². The fourth-order valence-electron chi connectivity index (χ4n) is 2.25. The standard InChI is InChI=1S/C14H17NO4/c1-8-3-4-10(9(2)5-8)13(16)15-12-7-19-6-11(12)14(17)18/h3-5,11-12H,6-7H2,1-2H3,(H,15,16)(H,17,18). The second-order valence-corrected chi connectivity index (χ2v) is 4.88. The predicted octanol–water partition coefficient (Wildman–Crippen LogP) is 1.13. The van der Waals surface area contributed by atoms with Crippen LogP contribution in [0.3, 0.4) is 0 Å². The molecule has 0 spiro atoms. The highest BCUT2D eigenvalue weighted by Crippen LogP contribution is 2.16. The molecular weight excluding hydrogens is 246 g/mol. The Hall–Kier alpha value is -1.88. The van der Waals surface area contributed by atoms with Crippen molar-refractivity contribution in [2.75, 3.05) is 13.2 Å². The summed E-state index contributed by atoms with van der Waals surface area (Å²) in [4.78, 5) is 23.2. The first kappa shape index (κ1) is 13.5. The second kappa shape index (κ2) is 5.40. The van der Waals surface area contributed by atoms with Crippen LogP contribution in [0.25, 0.3) is 0 Å². The fraction of sp³-hybridized carbons (Fsp3) is 0.429. The minimum absolute atomic E-state index is 0.146. The van der Waals surface area contributed by atoms with Gasteiger partial charge in [0.05, 0.1) is 19.3 Å². The van der Waals surface area contributed by atoms with Gasteiger partial charge in [0.1, 0.15) is 5.92 Å². The topological polar surface area (TPSA) is 75.6 Å². The average molecular weight is 263 g/mol. The third-order valence-electron chi connectivity index (χ3n) is 3.34. The lowest BCUT2D eigenvalue weighted by Crippen LogP contribution is -2.42. The van der Waals surface area contributed by atoms with Crippen LogP contribution in [0.2, 0.25) is 0 Å². The Balaban J connectivity index is 2.10. The smallest absolute Gasteiger partial charge is 0.311 e. The van der Waals surface area contributed by atoms with Crippen LogP contribution in [0.15, 0.2) is 18.2 Å². The van der Waals surface area contributed by atoms with Gasteiger partial charge in [-0.15, -0.1) is 0 Å². The Labute approximate surface area is 111 Å². The lowest BCUT2D eigenvalue weighted by molar-refractivity contribution is -0.142. The Morgan fingerprint density at radius 3 is 2.68 bits per heavy atom. The summed E-state index contributed by atoms with van der Waals surface area (Å²) in [5.41, 5.74) is 2.53. The molecule has 0 bridgehead atoms. The highest BCUT2D eigenvalue weighted by atomic mass is 16.5. The number of rotatable bonds is 3. The number of hydrogen-bond acceptors (Lipinski definition) is 3. The molecule has 0 aromatic heterocycles. The number of carbonyl (C=O) groups excluding carboxylic acids is 1. The van der Waals surface area contributed by atoms with E-state index in [1.54, 1.807) is 6.07 Å². The van der Waals surface area contributed by atoms with Crippen molar-refractivity contribution in [3.05, 3.63) is 34.9 Å². The van der Waals surface area contributed by atoms with Crippen LogP contribution < -0.4 is 5.32 Å². The average Bonchev–Trinajstić information content (AvgIpc) is 2.76. The van der Waals surface area contributed by atoms with Crippen molar-refractivity contribution in [3.63, 3.8) is 0 Å². The van der Waals surface area contributed by atoms with Gasteiger partial charge in [0.25, 0.3) is 5.91 Å². The van der Waals surface area contributed by atoms with Crippen molar-refractivity contribution in [3.8, 4) is 0 Å². The molecule has 2 unspecified atom stereocenters. The van der Waals surface area contributed by atoms with Gasteiger partial charge in [-0.1, -0.05) is 17.7 Å². The number of nitrogens with one attached hydrogen (secondary N) is 1. The molecule has 0 aliphatic carbocycles. The molecule has 1 heterocycles.